The second kappa shape index (κ2) is 12.6. The maximum atomic E-state index is 6.83. The van der Waals surface area contributed by atoms with Crippen molar-refractivity contribution in [3.63, 3.8) is 0 Å². The molecule has 0 aliphatic carbocycles. The molecule has 3 aromatic heterocycles. The van der Waals surface area contributed by atoms with Crippen molar-refractivity contribution in [2.24, 2.45) is 0 Å². The van der Waals surface area contributed by atoms with Gasteiger partial charge in [-0.25, -0.2) is 15.0 Å². The minimum Gasteiger partial charge on any atom is -0.455 e. The van der Waals surface area contributed by atoms with Gasteiger partial charge in [0.1, 0.15) is 11.2 Å². The molecule has 0 aliphatic heterocycles. The number of aromatic nitrogens is 3. The Morgan fingerprint density at radius 3 is 1.69 bits per heavy atom. The molecule has 0 fully saturated rings. The monoisotopic (exact) mass is 701 g/mol. The van der Waals surface area contributed by atoms with E-state index in [0.29, 0.717) is 5.82 Å². The van der Waals surface area contributed by atoms with Crippen LogP contribution in [-0.4, -0.2) is 15.0 Å². The number of hydrogen-bond donors (Lipinski definition) is 0. The highest BCUT2D eigenvalue weighted by atomic mass is 16.3. The van der Waals surface area contributed by atoms with E-state index in [2.05, 4.69) is 140 Å². The van der Waals surface area contributed by atoms with Gasteiger partial charge in [-0.2, -0.15) is 0 Å². The maximum Gasteiger partial charge on any atom is 0.160 e. The van der Waals surface area contributed by atoms with E-state index in [4.69, 9.17) is 19.4 Å². The normalized spacial score (nSPS) is 11.6. The summed E-state index contributed by atoms with van der Waals surface area (Å²) in [4.78, 5) is 15.6. The molecule has 3 heterocycles. The van der Waals surface area contributed by atoms with Gasteiger partial charge in [-0.15, -0.1) is 0 Å². The average Bonchev–Trinajstić information content (AvgIpc) is 3.66. The van der Waals surface area contributed by atoms with Gasteiger partial charge in [0, 0.05) is 27.6 Å². The van der Waals surface area contributed by atoms with E-state index in [9.17, 15) is 0 Å². The summed E-state index contributed by atoms with van der Waals surface area (Å²) in [5.41, 5.74) is 11.5. The lowest BCUT2D eigenvalue weighted by Gasteiger charge is -2.14. The van der Waals surface area contributed by atoms with Gasteiger partial charge >= 0.3 is 0 Å². The number of benzene rings is 8. The summed E-state index contributed by atoms with van der Waals surface area (Å²) in [7, 11) is 0. The first-order chi connectivity index (χ1) is 27.3. The average molecular weight is 702 g/mol. The first kappa shape index (κ1) is 31.1. The first-order valence-corrected chi connectivity index (χ1v) is 18.5. The third-order valence-electron chi connectivity index (χ3n) is 10.7. The number of para-hydroxylation sites is 1. The van der Waals surface area contributed by atoms with Crippen LogP contribution < -0.4 is 0 Å². The van der Waals surface area contributed by atoms with E-state index in [1.165, 1.54) is 21.5 Å². The summed E-state index contributed by atoms with van der Waals surface area (Å²) in [6.45, 7) is 0. The molecule has 0 atom stereocenters. The SMILES string of the molecule is c1ccc(-c2cc(-c3ccccc3)nc(-c3ccc(-c4nc5cccc(-c6cc7ccccc7c7ccccc67)c5c5oc6ccccc6c45)cc3)n2)cc1. The Morgan fingerprint density at radius 2 is 0.964 bits per heavy atom. The Labute approximate surface area is 317 Å². The van der Waals surface area contributed by atoms with Gasteiger partial charge in [-0.1, -0.05) is 164 Å². The zero-order valence-corrected chi connectivity index (χ0v) is 29.6. The molecule has 0 N–H and O–H groups in total. The second-order valence-corrected chi connectivity index (χ2v) is 13.9. The third kappa shape index (κ3) is 5.19. The summed E-state index contributed by atoms with van der Waals surface area (Å²) in [5, 5.41) is 7.92. The molecule has 0 spiro atoms. The van der Waals surface area contributed by atoms with Crippen LogP contribution in [0.3, 0.4) is 0 Å². The van der Waals surface area contributed by atoms with Crippen LogP contribution >= 0.6 is 0 Å². The molecule has 8 aromatic carbocycles. The number of fused-ring (bicyclic) bond motifs is 8. The highest BCUT2D eigenvalue weighted by Crippen LogP contribution is 2.45. The van der Waals surface area contributed by atoms with Crippen molar-refractivity contribution in [1.29, 1.82) is 0 Å². The molecule has 0 aliphatic rings. The Kier molecular flexibility index (Phi) is 7.14. The minimum atomic E-state index is 0.671. The zero-order valence-electron chi connectivity index (χ0n) is 29.6. The van der Waals surface area contributed by atoms with Crippen molar-refractivity contribution < 1.29 is 4.42 Å². The lowest BCUT2D eigenvalue weighted by atomic mass is 9.90. The van der Waals surface area contributed by atoms with E-state index < -0.39 is 0 Å². The van der Waals surface area contributed by atoms with Crippen LogP contribution in [0.2, 0.25) is 0 Å². The highest BCUT2D eigenvalue weighted by molar-refractivity contribution is 6.24. The zero-order chi connectivity index (χ0) is 36.3. The van der Waals surface area contributed by atoms with Gasteiger partial charge in [0.2, 0.25) is 0 Å². The number of pyridine rings is 1. The second-order valence-electron chi connectivity index (χ2n) is 13.9. The van der Waals surface area contributed by atoms with E-state index in [1.807, 2.05) is 48.5 Å². The van der Waals surface area contributed by atoms with E-state index in [-0.39, 0.29) is 0 Å². The van der Waals surface area contributed by atoms with Crippen molar-refractivity contribution in [2.75, 3.05) is 0 Å². The molecule has 55 heavy (non-hydrogen) atoms. The van der Waals surface area contributed by atoms with Crippen molar-refractivity contribution in [2.45, 2.75) is 0 Å². The van der Waals surface area contributed by atoms with Gasteiger partial charge in [-0.3, -0.25) is 0 Å². The van der Waals surface area contributed by atoms with E-state index >= 15 is 0 Å². The molecule has 0 bridgehead atoms. The van der Waals surface area contributed by atoms with Crippen molar-refractivity contribution in [3.05, 3.63) is 188 Å². The van der Waals surface area contributed by atoms with Crippen LogP contribution in [0.1, 0.15) is 0 Å². The van der Waals surface area contributed by atoms with E-state index in [0.717, 1.165) is 83.3 Å². The van der Waals surface area contributed by atoms with Gasteiger partial charge in [-0.05, 0) is 56.9 Å². The van der Waals surface area contributed by atoms with Crippen LogP contribution in [0.15, 0.2) is 192 Å². The van der Waals surface area contributed by atoms with Gasteiger partial charge in [0.05, 0.1) is 33.4 Å². The Bertz CT molecular complexity index is 3180. The molecular weight excluding hydrogens is 671 g/mol. The summed E-state index contributed by atoms with van der Waals surface area (Å²) in [5.74, 6) is 0.671. The van der Waals surface area contributed by atoms with Crippen LogP contribution in [0.5, 0.6) is 0 Å². The molecule has 11 rings (SSSR count). The predicted molar refractivity (Wildman–Crippen MR) is 227 cm³/mol. The molecule has 0 saturated heterocycles. The third-order valence-corrected chi connectivity index (χ3v) is 10.7. The molecule has 0 unspecified atom stereocenters. The topological polar surface area (TPSA) is 51.8 Å². The Hall–Kier alpha value is -7.43. The molecule has 11 aromatic rings. The summed E-state index contributed by atoms with van der Waals surface area (Å²) >= 11 is 0. The van der Waals surface area contributed by atoms with Crippen LogP contribution in [-0.2, 0) is 0 Å². The lowest BCUT2D eigenvalue weighted by Crippen LogP contribution is -1.96. The highest BCUT2D eigenvalue weighted by Gasteiger charge is 2.22. The molecular formula is C51H31N3O. The molecule has 0 saturated carbocycles. The van der Waals surface area contributed by atoms with Gasteiger partial charge < -0.3 is 4.42 Å². The Morgan fingerprint density at radius 1 is 0.364 bits per heavy atom. The van der Waals surface area contributed by atoms with Crippen LogP contribution in [0.25, 0.3) is 111 Å². The van der Waals surface area contributed by atoms with Gasteiger partial charge in [0.15, 0.2) is 5.82 Å². The van der Waals surface area contributed by atoms with Crippen molar-refractivity contribution in [3.8, 4) is 56.3 Å². The summed E-state index contributed by atoms with van der Waals surface area (Å²) in [6.07, 6.45) is 0. The molecule has 0 amide bonds. The van der Waals surface area contributed by atoms with E-state index in [1.54, 1.807) is 0 Å². The van der Waals surface area contributed by atoms with Crippen molar-refractivity contribution in [1.82, 2.24) is 15.0 Å². The van der Waals surface area contributed by atoms with Gasteiger partial charge in [0.25, 0.3) is 0 Å². The quantitative estimate of drug-likeness (QED) is 0.168. The number of nitrogens with zero attached hydrogens (tertiary/aromatic N) is 3. The number of furan rings is 1. The predicted octanol–water partition coefficient (Wildman–Crippen LogP) is 13.6. The fraction of sp³-hybridized carbons (Fsp3) is 0. The molecule has 0 radical (unpaired) electrons. The summed E-state index contributed by atoms with van der Waals surface area (Å²) < 4.78 is 6.83. The number of rotatable bonds is 5. The molecule has 4 heteroatoms. The largest absolute Gasteiger partial charge is 0.455 e. The summed E-state index contributed by atoms with van der Waals surface area (Å²) in [6, 6.07) is 65.4. The molecule has 4 nitrogen and oxygen atoms in total. The number of hydrogen-bond acceptors (Lipinski definition) is 4. The fourth-order valence-corrected chi connectivity index (χ4v) is 8.08. The first-order valence-electron chi connectivity index (χ1n) is 18.5. The Balaban J connectivity index is 1.11. The van der Waals surface area contributed by atoms with Crippen molar-refractivity contribution >= 4 is 54.4 Å². The van der Waals surface area contributed by atoms with Crippen LogP contribution in [0.4, 0.5) is 0 Å². The maximum absolute atomic E-state index is 6.83. The minimum absolute atomic E-state index is 0.671. The fourth-order valence-electron chi connectivity index (χ4n) is 8.08. The lowest BCUT2D eigenvalue weighted by molar-refractivity contribution is 0.672. The van der Waals surface area contributed by atoms with Crippen LogP contribution in [0, 0.1) is 0 Å². The standard InChI is InChI=1S/C51H31N3O/c1-3-14-32(15-4-1)44-31-45(33-16-5-2-6-17-33)54-51(53-44)35-28-26-34(27-29-35)49-48-41-22-11-12-25-46(41)55-50(48)47-40(23-13-24-43(47)52-49)42-30-36-18-7-8-19-37(36)38-20-9-10-21-39(38)42/h1-31H. The molecule has 256 valence electrons. The smallest absolute Gasteiger partial charge is 0.160 e.